The molecule has 0 saturated carbocycles. The molecule has 0 fully saturated rings. The quantitative estimate of drug-likeness (QED) is 0.854. The van der Waals surface area contributed by atoms with Crippen molar-refractivity contribution in [3.8, 4) is 11.1 Å². The van der Waals surface area contributed by atoms with Crippen LogP contribution in [-0.4, -0.2) is 17.5 Å². The number of hydroxylamine groups is 1. The predicted molar refractivity (Wildman–Crippen MR) is 82.9 cm³/mol. The van der Waals surface area contributed by atoms with E-state index < -0.39 is 0 Å². The van der Waals surface area contributed by atoms with Crippen molar-refractivity contribution < 1.29 is 9.63 Å². The molecule has 0 aliphatic carbocycles. The highest BCUT2D eigenvalue weighted by molar-refractivity contribution is 5.91. The second-order valence-electron chi connectivity index (χ2n) is 5.08. The summed E-state index contributed by atoms with van der Waals surface area (Å²) >= 11 is 0. The Balaban J connectivity index is 2.19. The average Bonchev–Trinajstić information content (AvgIpc) is 2.53. The molecule has 0 atom stereocenters. The number of nitrogens with zero attached hydrogens (tertiary/aromatic N) is 1. The summed E-state index contributed by atoms with van der Waals surface area (Å²) in [4.78, 5) is 20.8. The second kappa shape index (κ2) is 6.99. The molecule has 4 nitrogen and oxygen atoms in total. The van der Waals surface area contributed by atoms with Gasteiger partial charge in [0.15, 0.2) is 0 Å². The molecule has 0 saturated heterocycles. The zero-order valence-corrected chi connectivity index (χ0v) is 12.6. The molecule has 4 heteroatoms. The first kappa shape index (κ1) is 15.2. The van der Waals surface area contributed by atoms with Crippen molar-refractivity contribution in [2.75, 3.05) is 6.61 Å². The Hall–Kier alpha value is -2.20. The highest BCUT2D eigenvalue weighted by atomic mass is 16.6. The Morgan fingerprint density at radius 2 is 2.05 bits per heavy atom. The predicted octanol–water partition coefficient (Wildman–Crippen LogP) is 3.55. The van der Waals surface area contributed by atoms with Crippen LogP contribution in [-0.2, 0) is 4.84 Å². The zero-order valence-electron chi connectivity index (χ0n) is 12.6. The molecule has 0 radical (unpaired) electrons. The largest absolute Gasteiger partial charge is 0.293 e. The molecule has 110 valence electrons. The van der Waals surface area contributed by atoms with Gasteiger partial charge in [0, 0.05) is 11.8 Å². The van der Waals surface area contributed by atoms with E-state index >= 15 is 0 Å². The van der Waals surface area contributed by atoms with E-state index in [9.17, 15) is 4.79 Å². The zero-order chi connectivity index (χ0) is 15.2. The summed E-state index contributed by atoms with van der Waals surface area (Å²) in [6.45, 7) is 6.56. The summed E-state index contributed by atoms with van der Waals surface area (Å²) < 4.78 is 0. The van der Waals surface area contributed by atoms with Gasteiger partial charge in [0.1, 0.15) is 5.69 Å². The second-order valence-corrected chi connectivity index (χ2v) is 5.08. The smallest absolute Gasteiger partial charge is 0.274 e. The third-order valence-corrected chi connectivity index (χ3v) is 3.19. The van der Waals surface area contributed by atoms with E-state index in [1.165, 1.54) is 5.56 Å². The maximum Gasteiger partial charge on any atom is 0.293 e. The van der Waals surface area contributed by atoms with Gasteiger partial charge in [-0.05, 0) is 30.0 Å². The van der Waals surface area contributed by atoms with E-state index in [-0.39, 0.29) is 5.91 Å². The molecule has 21 heavy (non-hydrogen) atoms. The number of benzene rings is 1. The lowest BCUT2D eigenvalue weighted by atomic mass is 9.98. The van der Waals surface area contributed by atoms with Crippen LogP contribution in [0.15, 0.2) is 42.6 Å². The number of amides is 1. The first-order valence-corrected chi connectivity index (χ1v) is 7.10. The third-order valence-electron chi connectivity index (χ3n) is 3.19. The van der Waals surface area contributed by atoms with E-state index in [0.717, 1.165) is 11.1 Å². The summed E-state index contributed by atoms with van der Waals surface area (Å²) in [6.07, 6.45) is 1.71. The van der Waals surface area contributed by atoms with Gasteiger partial charge in [-0.1, -0.05) is 44.2 Å². The number of hydrogen-bond donors (Lipinski definition) is 1. The van der Waals surface area contributed by atoms with Gasteiger partial charge >= 0.3 is 0 Å². The van der Waals surface area contributed by atoms with Crippen molar-refractivity contribution in [2.45, 2.75) is 26.7 Å². The molecule has 1 amide bonds. The molecule has 0 bridgehead atoms. The lowest BCUT2D eigenvalue weighted by molar-refractivity contribution is 0.0360. The molecule has 1 aromatic carbocycles. The number of nitrogens with one attached hydrogen (secondary N) is 1. The van der Waals surface area contributed by atoms with Crippen LogP contribution in [0.3, 0.4) is 0 Å². The standard InChI is InChI=1S/C17H20N2O2/c1-4-21-19-17(20)16-9-8-15(11-18-16)14-7-5-6-13(10-14)12(2)3/h5-12H,4H2,1-3H3,(H,19,20). The lowest BCUT2D eigenvalue weighted by Crippen LogP contribution is -2.24. The van der Waals surface area contributed by atoms with Crippen molar-refractivity contribution in [1.29, 1.82) is 0 Å². The number of rotatable bonds is 5. The molecule has 1 heterocycles. The van der Waals surface area contributed by atoms with Crippen molar-refractivity contribution in [2.24, 2.45) is 0 Å². The van der Waals surface area contributed by atoms with Crippen molar-refractivity contribution in [3.05, 3.63) is 53.9 Å². The highest BCUT2D eigenvalue weighted by Crippen LogP contribution is 2.23. The minimum absolute atomic E-state index is 0.334. The summed E-state index contributed by atoms with van der Waals surface area (Å²) in [5.74, 6) is 0.147. The van der Waals surface area contributed by atoms with E-state index in [0.29, 0.717) is 18.2 Å². The monoisotopic (exact) mass is 284 g/mol. The topological polar surface area (TPSA) is 51.2 Å². The molecule has 1 aromatic heterocycles. The Morgan fingerprint density at radius 1 is 1.24 bits per heavy atom. The van der Waals surface area contributed by atoms with E-state index in [4.69, 9.17) is 4.84 Å². The van der Waals surface area contributed by atoms with E-state index in [1.54, 1.807) is 19.2 Å². The van der Waals surface area contributed by atoms with Crippen LogP contribution in [0, 0.1) is 0 Å². The Bertz CT molecular complexity index is 606. The number of aromatic nitrogens is 1. The third kappa shape index (κ3) is 3.89. The summed E-state index contributed by atoms with van der Waals surface area (Å²) in [5.41, 5.74) is 6.05. The number of carbonyl (C=O) groups is 1. The maximum atomic E-state index is 11.7. The fourth-order valence-electron chi connectivity index (χ4n) is 1.97. The van der Waals surface area contributed by atoms with Crippen LogP contribution in [0.4, 0.5) is 0 Å². The molecule has 0 aliphatic heterocycles. The normalized spacial score (nSPS) is 10.7. The molecule has 0 spiro atoms. The Morgan fingerprint density at radius 3 is 2.67 bits per heavy atom. The van der Waals surface area contributed by atoms with E-state index in [2.05, 4.69) is 36.4 Å². The first-order valence-electron chi connectivity index (χ1n) is 7.10. The minimum atomic E-state index is -0.334. The van der Waals surface area contributed by atoms with Gasteiger partial charge in [0.25, 0.3) is 5.91 Å². The Kier molecular flexibility index (Phi) is 5.06. The van der Waals surface area contributed by atoms with Gasteiger partial charge < -0.3 is 0 Å². The molecule has 2 aromatic rings. The van der Waals surface area contributed by atoms with Crippen LogP contribution in [0.2, 0.25) is 0 Å². The van der Waals surface area contributed by atoms with Crippen LogP contribution < -0.4 is 5.48 Å². The fourth-order valence-corrected chi connectivity index (χ4v) is 1.97. The fraction of sp³-hybridized carbons (Fsp3) is 0.294. The van der Waals surface area contributed by atoms with Gasteiger partial charge in [-0.2, -0.15) is 0 Å². The lowest BCUT2D eigenvalue weighted by Gasteiger charge is -2.08. The van der Waals surface area contributed by atoms with Gasteiger partial charge in [-0.25, -0.2) is 5.48 Å². The maximum absolute atomic E-state index is 11.7. The Labute approximate surface area is 125 Å². The summed E-state index contributed by atoms with van der Waals surface area (Å²) in [7, 11) is 0. The van der Waals surface area contributed by atoms with Crippen LogP contribution in [0.1, 0.15) is 42.7 Å². The highest BCUT2D eigenvalue weighted by Gasteiger charge is 2.08. The number of carbonyl (C=O) groups excluding carboxylic acids is 1. The summed E-state index contributed by atoms with van der Waals surface area (Å²) in [6, 6.07) is 12.0. The van der Waals surface area contributed by atoms with Crippen molar-refractivity contribution >= 4 is 5.91 Å². The van der Waals surface area contributed by atoms with Crippen LogP contribution in [0.25, 0.3) is 11.1 Å². The average molecular weight is 284 g/mol. The SMILES string of the molecule is CCONC(=O)c1ccc(-c2cccc(C(C)C)c2)cn1. The molecule has 2 rings (SSSR count). The molecular weight excluding hydrogens is 264 g/mol. The van der Waals surface area contributed by atoms with Gasteiger partial charge in [0.05, 0.1) is 6.61 Å². The van der Waals surface area contributed by atoms with Crippen LogP contribution in [0.5, 0.6) is 0 Å². The van der Waals surface area contributed by atoms with Gasteiger partial charge in [0.2, 0.25) is 0 Å². The molecule has 1 N–H and O–H groups in total. The van der Waals surface area contributed by atoms with Gasteiger partial charge in [-0.3, -0.25) is 14.6 Å². The molecular formula is C17H20N2O2. The molecule has 0 unspecified atom stereocenters. The van der Waals surface area contributed by atoms with Crippen LogP contribution >= 0.6 is 0 Å². The first-order chi connectivity index (χ1) is 10.1. The summed E-state index contributed by atoms with van der Waals surface area (Å²) in [5, 5.41) is 0. The number of pyridine rings is 1. The molecule has 0 aliphatic rings. The van der Waals surface area contributed by atoms with Gasteiger partial charge in [-0.15, -0.1) is 0 Å². The number of hydrogen-bond acceptors (Lipinski definition) is 3. The minimum Gasteiger partial charge on any atom is -0.274 e. The van der Waals surface area contributed by atoms with Crippen molar-refractivity contribution in [1.82, 2.24) is 10.5 Å². The van der Waals surface area contributed by atoms with E-state index in [1.807, 2.05) is 18.2 Å². The van der Waals surface area contributed by atoms with Crippen molar-refractivity contribution in [3.63, 3.8) is 0 Å².